The molecule has 3 rings (SSSR count). The average molecular weight is 319 g/mol. The van der Waals surface area contributed by atoms with E-state index >= 15 is 0 Å². The molecule has 0 bridgehead atoms. The second-order valence-corrected chi connectivity index (χ2v) is 6.15. The summed E-state index contributed by atoms with van der Waals surface area (Å²) in [5.41, 5.74) is 3.10. The van der Waals surface area contributed by atoms with Crippen LogP contribution in [0, 0.1) is 0 Å². The number of likely N-dealkylation sites (N-methyl/N-ethyl adjacent to an activating group) is 1. The number of H-pyrrole nitrogens is 1. The molecule has 4 nitrogen and oxygen atoms in total. The highest BCUT2D eigenvalue weighted by Gasteiger charge is 2.38. The molecule has 1 N–H and O–H groups in total. The molecular formula is C19H33N3O. The summed E-state index contributed by atoms with van der Waals surface area (Å²) in [6.07, 6.45) is 0. The predicted molar refractivity (Wildman–Crippen MR) is 100 cm³/mol. The van der Waals surface area contributed by atoms with Crippen molar-refractivity contribution in [3.8, 4) is 0 Å². The Balaban J connectivity index is 0.000000615. The van der Waals surface area contributed by atoms with Crippen LogP contribution in [0.25, 0.3) is 11.0 Å². The highest BCUT2D eigenvalue weighted by atomic mass is 16.1. The largest absolute Gasteiger partial charge is 0.326 e. The lowest BCUT2D eigenvalue weighted by molar-refractivity contribution is 0.0895. The molecule has 0 radical (unpaired) electrons. The molecule has 0 aliphatic carbocycles. The maximum absolute atomic E-state index is 12.3. The number of rotatable bonds is 0. The second kappa shape index (κ2) is 7.35. The van der Waals surface area contributed by atoms with Gasteiger partial charge in [0.1, 0.15) is 0 Å². The number of hydrogen-bond donors (Lipinski definition) is 1. The molecule has 2 aromatic rings. The molecule has 2 heterocycles. The topological polar surface area (TPSA) is 41.0 Å². The predicted octanol–water partition coefficient (Wildman–Crippen LogP) is 4.51. The fourth-order valence-electron chi connectivity index (χ4n) is 3.30. The number of imidazole rings is 1. The first-order chi connectivity index (χ1) is 10.9. The molecule has 130 valence electrons. The van der Waals surface area contributed by atoms with E-state index in [1.54, 1.807) is 0 Å². The normalized spacial score (nSPS) is 22.5. The van der Waals surface area contributed by atoms with Gasteiger partial charge in [-0.2, -0.15) is 0 Å². The molecule has 0 fully saturated rings. The van der Waals surface area contributed by atoms with Crippen LogP contribution in [-0.4, -0.2) is 27.5 Å². The molecule has 0 amide bonds. The van der Waals surface area contributed by atoms with Gasteiger partial charge >= 0.3 is 5.69 Å². The number of para-hydroxylation sites is 1. The first-order valence-electron chi connectivity index (χ1n) is 8.82. The molecule has 0 saturated heterocycles. The summed E-state index contributed by atoms with van der Waals surface area (Å²) in [6.45, 7) is 16.7. The number of benzene rings is 1. The Morgan fingerprint density at radius 3 is 2.17 bits per heavy atom. The molecular weight excluding hydrogens is 286 g/mol. The Bertz CT molecular complexity index is 696. The van der Waals surface area contributed by atoms with E-state index in [-0.39, 0.29) is 17.3 Å². The van der Waals surface area contributed by atoms with E-state index in [2.05, 4.69) is 50.7 Å². The smallest absolute Gasteiger partial charge is 0.306 e. The fourth-order valence-corrected chi connectivity index (χ4v) is 3.30. The Morgan fingerprint density at radius 1 is 1.04 bits per heavy atom. The highest BCUT2D eigenvalue weighted by molar-refractivity contribution is 5.80. The first kappa shape index (κ1) is 19.5. The monoisotopic (exact) mass is 319 g/mol. The summed E-state index contributed by atoms with van der Waals surface area (Å²) in [5.74, 6) is 0. The quantitative estimate of drug-likeness (QED) is 0.776. The highest BCUT2D eigenvalue weighted by Crippen LogP contribution is 2.38. The summed E-state index contributed by atoms with van der Waals surface area (Å²) >= 11 is 0. The standard InChI is InChI=1S/C15H21N3O.2C2H6/c1-9-10(2)18-13-11(15(3,4)17(9)5)7-6-8-12(13)16-14(18)19;2*1-2/h6-10H,1-5H3,(H,16,19);2*1-2H3. The van der Waals surface area contributed by atoms with Crippen LogP contribution in [0.3, 0.4) is 0 Å². The lowest BCUT2D eigenvalue weighted by atomic mass is 9.91. The van der Waals surface area contributed by atoms with E-state index in [1.165, 1.54) is 5.56 Å². The maximum Gasteiger partial charge on any atom is 0.326 e. The van der Waals surface area contributed by atoms with Gasteiger partial charge in [0.2, 0.25) is 0 Å². The summed E-state index contributed by atoms with van der Waals surface area (Å²) < 4.78 is 1.92. The van der Waals surface area contributed by atoms with Crippen molar-refractivity contribution in [2.24, 2.45) is 0 Å². The van der Waals surface area contributed by atoms with Gasteiger partial charge in [0.15, 0.2) is 0 Å². The van der Waals surface area contributed by atoms with Crippen LogP contribution in [-0.2, 0) is 5.54 Å². The van der Waals surface area contributed by atoms with Crippen molar-refractivity contribution in [3.05, 3.63) is 34.2 Å². The zero-order valence-corrected chi connectivity index (χ0v) is 16.2. The lowest BCUT2D eigenvalue weighted by Crippen LogP contribution is -2.45. The van der Waals surface area contributed by atoms with E-state index in [4.69, 9.17) is 0 Å². The van der Waals surface area contributed by atoms with E-state index in [9.17, 15) is 4.79 Å². The van der Waals surface area contributed by atoms with Crippen LogP contribution in [0.1, 0.15) is 67.0 Å². The Hall–Kier alpha value is -1.55. The zero-order valence-electron chi connectivity index (χ0n) is 16.2. The van der Waals surface area contributed by atoms with E-state index in [0.29, 0.717) is 6.04 Å². The van der Waals surface area contributed by atoms with Crippen molar-refractivity contribution in [3.63, 3.8) is 0 Å². The maximum atomic E-state index is 12.3. The Labute approximate surface area is 140 Å². The molecule has 4 heteroatoms. The molecule has 1 aliphatic rings. The van der Waals surface area contributed by atoms with Gasteiger partial charge in [-0.25, -0.2) is 4.79 Å². The van der Waals surface area contributed by atoms with E-state index in [1.807, 2.05) is 44.4 Å². The summed E-state index contributed by atoms with van der Waals surface area (Å²) in [7, 11) is 2.14. The summed E-state index contributed by atoms with van der Waals surface area (Å²) in [5, 5.41) is 0. The van der Waals surface area contributed by atoms with E-state index in [0.717, 1.165) is 11.0 Å². The number of hydrogen-bond acceptors (Lipinski definition) is 2. The minimum absolute atomic E-state index is 0.00657. The van der Waals surface area contributed by atoms with Crippen molar-refractivity contribution < 1.29 is 0 Å². The number of nitrogens with one attached hydrogen (secondary N) is 1. The minimum atomic E-state index is -0.0972. The lowest BCUT2D eigenvalue weighted by Gasteiger charge is -2.40. The molecule has 0 spiro atoms. The molecule has 2 atom stereocenters. The molecule has 23 heavy (non-hydrogen) atoms. The van der Waals surface area contributed by atoms with Crippen LogP contribution in [0.15, 0.2) is 23.0 Å². The molecule has 1 aromatic heterocycles. The number of nitrogens with zero attached hydrogens (tertiary/aromatic N) is 2. The SMILES string of the molecule is CC.CC.CC1C(C)n2c(=O)[nH]c3cccc(c32)C(C)(C)N1C. The third kappa shape index (κ3) is 2.97. The fraction of sp³-hybridized carbons (Fsp3) is 0.632. The van der Waals surface area contributed by atoms with Gasteiger partial charge in [-0.3, -0.25) is 9.47 Å². The minimum Gasteiger partial charge on any atom is -0.306 e. The van der Waals surface area contributed by atoms with Crippen LogP contribution in [0.2, 0.25) is 0 Å². The van der Waals surface area contributed by atoms with Crippen LogP contribution < -0.4 is 5.69 Å². The molecule has 0 saturated carbocycles. The van der Waals surface area contributed by atoms with Gasteiger partial charge in [-0.05, 0) is 46.4 Å². The Kier molecular flexibility index (Phi) is 6.23. The van der Waals surface area contributed by atoms with E-state index < -0.39 is 0 Å². The van der Waals surface area contributed by atoms with Crippen molar-refractivity contribution in [2.45, 2.75) is 73.0 Å². The summed E-state index contributed by atoms with van der Waals surface area (Å²) in [6, 6.07) is 6.57. The zero-order chi connectivity index (χ0) is 17.9. The van der Waals surface area contributed by atoms with Gasteiger partial charge in [0, 0.05) is 11.6 Å². The van der Waals surface area contributed by atoms with Gasteiger partial charge in [0.05, 0.1) is 17.1 Å². The van der Waals surface area contributed by atoms with Gasteiger partial charge in [0.25, 0.3) is 0 Å². The second-order valence-electron chi connectivity index (χ2n) is 6.15. The van der Waals surface area contributed by atoms with Crippen molar-refractivity contribution >= 4 is 11.0 Å². The van der Waals surface area contributed by atoms with Gasteiger partial charge < -0.3 is 4.98 Å². The first-order valence-corrected chi connectivity index (χ1v) is 8.82. The van der Waals surface area contributed by atoms with Crippen molar-refractivity contribution in [2.75, 3.05) is 7.05 Å². The molecule has 1 aromatic carbocycles. The third-order valence-electron chi connectivity index (χ3n) is 4.99. The summed E-state index contributed by atoms with van der Waals surface area (Å²) in [4.78, 5) is 17.6. The van der Waals surface area contributed by atoms with Crippen LogP contribution in [0.4, 0.5) is 0 Å². The Morgan fingerprint density at radius 2 is 1.61 bits per heavy atom. The van der Waals surface area contributed by atoms with Crippen LogP contribution in [0.5, 0.6) is 0 Å². The van der Waals surface area contributed by atoms with Gasteiger partial charge in [-0.15, -0.1) is 0 Å². The van der Waals surface area contributed by atoms with Crippen molar-refractivity contribution in [1.29, 1.82) is 0 Å². The van der Waals surface area contributed by atoms with Crippen LogP contribution >= 0.6 is 0 Å². The average Bonchev–Trinajstić information content (AvgIpc) is 2.89. The molecule has 1 aliphatic heterocycles. The number of aromatic nitrogens is 2. The van der Waals surface area contributed by atoms with Crippen molar-refractivity contribution in [1.82, 2.24) is 14.5 Å². The number of aromatic amines is 1. The third-order valence-corrected chi connectivity index (χ3v) is 4.99. The molecule has 2 unspecified atom stereocenters. The van der Waals surface area contributed by atoms with Gasteiger partial charge in [-0.1, -0.05) is 39.8 Å².